The molecule has 3 heterocycles. The van der Waals surface area contributed by atoms with Gasteiger partial charge in [-0.1, -0.05) is 49.6 Å². The van der Waals surface area contributed by atoms with E-state index >= 15 is 0 Å². The molecule has 5 rings (SSSR count). The van der Waals surface area contributed by atoms with E-state index in [0.29, 0.717) is 12.0 Å². The minimum atomic E-state index is 0. The molecule has 2 saturated heterocycles. The summed E-state index contributed by atoms with van der Waals surface area (Å²) in [6, 6.07) is 11.7. The van der Waals surface area contributed by atoms with E-state index in [1.54, 1.807) is 0 Å². The highest BCUT2D eigenvalue weighted by Crippen LogP contribution is 2.44. The number of rotatable bonds is 4. The van der Waals surface area contributed by atoms with E-state index in [-0.39, 0.29) is 24.8 Å². The number of benzene rings is 1. The Hall–Kier alpha value is -1.07. The predicted octanol–water partition coefficient (Wildman–Crippen LogP) is 5.04. The Bertz CT molecular complexity index is 759. The zero-order chi connectivity index (χ0) is 18.2. The van der Waals surface area contributed by atoms with Crippen LogP contribution in [0.15, 0.2) is 36.5 Å². The number of hydrogen-bond acceptors (Lipinski definition) is 3. The zero-order valence-electron chi connectivity index (χ0n) is 17.3. The maximum atomic E-state index is 4.43. The number of aromatic amines is 1. The van der Waals surface area contributed by atoms with Gasteiger partial charge in [0.05, 0.1) is 6.20 Å². The van der Waals surface area contributed by atoms with Crippen molar-refractivity contribution >= 4 is 24.8 Å². The fourth-order valence-corrected chi connectivity index (χ4v) is 6.06. The molecule has 0 amide bonds. The van der Waals surface area contributed by atoms with Crippen molar-refractivity contribution in [2.24, 2.45) is 11.8 Å². The van der Waals surface area contributed by atoms with Crippen molar-refractivity contribution < 1.29 is 0 Å². The molecule has 4 nitrogen and oxygen atoms in total. The number of nitrogens with zero attached hydrogens (tertiary/aromatic N) is 3. The van der Waals surface area contributed by atoms with E-state index in [9.17, 15) is 0 Å². The van der Waals surface area contributed by atoms with Crippen LogP contribution in [0.2, 0.25) is 0 Å². The average Bonchev–Trinajstić information content (AvgIpc) is 3.38. The second-order valence-corrected chi connectivity index (χ2v) is 9.06. The molecule has 0 bridgehead atoms. The monoisotopic (exact) mass is 436 g/mol. The van der Waals surface area contributed by atoms with Gasteiger partial charge in [0.25, 0.3) is 0 Å². The van der Waals surface area contributed by atoms with Crippen molar-refractivity contribution in [1.29, 1.82) is 0 Å². The summed E-state index contributed by atoms with van der Waals surface area (Å²) >= 11 is 0. The van der Waals surface area contributed by atoms with E-state index in [1.165, 1.54) is 68.6 Å². The summed E-state index contributed by atoms with van der Waals surface area (Å²) in [6.07, 6.45) is 8.93. The van der Waals surface area contributed by atoms with Crippen LogP contribution in [0.25, 0.3) is 0 Å². The highest BCUT2D eigenvalue weighted by molar-refractivity contribution is 5.85. The summed E-state index contributed by atoms with van der Waals surface area (Å²) in [5.41, 5.74) is 4.37. The van der Waals surface area contributed by atoms with Gasteiger partial charge >= 0.3 is 0 Å². The Balaban J connectivity index is 0.00000120. The first kappa shape index (κ1) is 22.6. The highest BCUT2D eigenvalue weighted by Gasteiger charge is 2.46. The molecule has 0 spiro atoms. The molecule has 2 aliphatic heterocycles. The molecule has 2 aromatic rings. The van der Waals surface area contributed by atoms with Crippen LogP contribution < -0.4 is 0 Å². The topological polar surface area (TPSA) is 35.2 Å². The Morgan fingerprint density at radius 2 is 1.76 bits per heavy atom. The van der Waals surface area contributed by atoms with Gasteiger partial charge in [0.2, 0.25) is 0 Å². The Labute approximate surface area is 187 Å². The summed E-state index contributed by atoms with van der Waals surface area (Å²) in [5, 5.41) is 7.78. The van der Waals surface area contributed by atoms with Crippen molar-refractivity contribution in [2.75, 3.05) is 26.7 Å². The zero-order valence-corrected chi connectivity index (χ0v) is 18.9. The van der Waals surface area contributed by atoms with Gasteiger partial charge < -0.3 is 0 Å². The number of hydrogen-bond donors (Lipinski definition) is 1. The lowest BCUT2D eigenvalue weighted by atomic mass is 9.85. The minimum Gasteiger partial charge on any atom is -0.299 e. The largest absolute Gasteiger partial charge is 0.299 e. The number of H-pyrrole nitrogens is 1. The van der Waals surface area contributed by atoms with E-state index in [4.69, 9.17) is 0 Å². The third kappa shape index (κ3) is 4.51. The third-order valence-corrected chi connectivity index (χ3v) is 7.27. The lowest BCUT2D eigenvalue weighted by Gasteiger charge is -2.27. The molecule has 1 aromatic heterocycles. The van der Waals surface area contributed by atoms with Crippen molar-refractivity contribution in [2.45, 2.75) is 50.6 Å². The normalized spacial score (nSPS) is 28.0. The van der Waals surface area contributed by atoms with Crippen LogP contribution in [0.5, 0.6) is 0 Å². The fourth-order valence-electron chi connectivity index (χ4n) is 6.06. The SMILES string of the molecule is CN1C[C@H]2CN(Cc3cn[nH]c3C3CCCCC3)C[C@H]2[C@@H]1c1ccccc1.Cl.Cl. The number of fused-ring (bicyclic) bond motifs is 1. The molecule has 3 atom stereocenters. The highest BCUT2D eigenvalue weighted by atomic mass is 35.5. The van der Waals surface area contributed by atoms with Crippen molar-refractivity contribution in [3.63, 3.8) is 0 Å². The van der Waals surface area contributed by atoms with Gasteiger partial charge in [-0.15, -0.1) is 24.8 Å². The minimum absolute atomic E-state index is 0. The Morgan fingerprint density at radius 1 is 1.00 bits per heavy atom. The van der Waals surface area contributed by atoms with Gasteiger partial charge in [-0.3, -0.25) is 14.9 Å². The lowest BCUT2D eigenvalue weighted by molar-refractivity contribution is 0.224. The molecule has 0 radical (unpaired) electrons. The van der Waals surface area contributed by atoms with E-state index in [1.807, 2.05) is 0 Å². The molecule has 3 aliphatic rings. The quantitative estimate of drug-likeness (QED) is 0.728. The molecule has 29 heavy (non-hydrogen) atoms. The number of aromatic nitrogens is 2. The third-order valence-electron chi connectivity index (χ3n) is 7.27. The number of likely N-dealkylation sites (tertiary alicyclic amines) is 2. The lowest BCUT2D eigenvalue weighted by Crippen LogP contribution is -2.29. The van der Waals surface area contributed by atoms with E-state index in [2.05, 4.69) is 63.6 Å². The van der Waals surface area contributed by atoms with Gasteiger partial charge in [0.1, 0.15) is 0 Å². The average molecular weight is 437 g/mol. The van der Waals surface area contributed by atoms with Gasteiger partial charge in [0.15, 0.2) is 0 Å². The second kappa shape index (κ2) is 9.82. The van der Waals surface area contributed by atoms with Crippen molar-refractivity contribution in [3.8, 4) is 0 Å². The van der Waals surface area contributed by atoms with E-state index < -0.39 is 0 Å². The summed E-state index contributed by atoms with van der Waals surface area (Å²) in [5.74, 6) is 2.26. The number of halogens is 2. The first-order chi connectivity index (χ1) is 13.3. The molecule has 1 aliphatic carbocycles. The van der Waals surface area contributed by atoms with Crippen LogP contribution in [-0.4, -0.2) is 46.7 Å². The molecule has 3 fully saturated rings. The van der Waals surface area contributed by atoms with Crippen LogP contribution in [0, 0.1) is 11.8 Å². The van der Waals surface area contributed by atoms with Crippen LogP contribution in [0.3, 0.4) is 0 Å². The molecular formula is C23H34Cl2N4. The van der Waals surface area contributed by atoms with Crippen molar-refractivity contribution in [1.82, 2.24) is 20.0 Å². The maximum absolute atomic E-state index is 4.43. The van der Waals surface area contributed by atoms with Crippen LogP contribution in [0.4, 0.5) is 0 Å². The summed E-state index contributed by atoms with van der Waals surface area (Å²) < 4.78 is 0. The predicted molar refractivity (Wildman–Crippen MR) is 123 cm³/mol. The maximum Gasteiger partial charge on any atom is 0.0535 e. The van der Waals surface area contributed by atoms with Gasteiger partial charge in [0, 0.05) is 49.4 Å². The summed E-state index contributed by atoms with van der Waals surface area (Å²) in [7, 11) is 2.30. The Kier molecular flexibility index (Phi) is 7.66. The van der Waals surface area contributed by atoms with Gasteiger partial charge in [-0.05, 0) is 37.3 Å². The summed E-state index contributed by atoms with van der Waals surface area (Å²) in [6.45, 7) is 4.74. The van der Waals surface area contributed by atoms with Crippen molar-refractivity contribution in [3.05, 3.63) is 53.3 Å². The van der Waals surface area contributed by atoms with Crippen LogP contribution >= 0.6 is 24.8 Å². The van der Waals surface area contributed by atoms with Gasteiger partial charge in [-0.25, -0.2) is 0 Å². The first-order valence-corrected chi connectivity index (χ1v) is 10.8. The molecule has 1 saturated carbocycles. The molecule has 1 aromatic carbocycles. The molecule has 160 valence electrons. The second-order valence-electron chi connectivity index (χ2n) is 9.06. The number of nitrogens with one attached hydrogen (secondary N) is 1. The standard InChI is InChI=1S/C23H32N4.2ClH/c1-26-13-20-15-27(16-21(20)23(26)18-10-6-3-7-11-18)14-19-12-24-25-22(19)17-8-4-2-5-9-17;;/h3,6-7,10-12,17,20-21,23H,2,4-5,8-9,13-16H2,1H3,(H,24,25);2*1H/t20-,21+,23-;;/m0../s1. The fraction of sp³-hybridized carbons (Fsp3) is 0.609. The molecule has 0 unspecified atom stereocenters. The Morgan fingerprint density at radius 3 is 2.52 bits per heavy atom. The van der Waals surface area contributed by atoms with Crippen LogP contribution in [0.1, 0.15) is 60.9 Å². The smallest absolute Gasteiger partial charge is 0.0535 e. The van der Waals surface area contributed by atoms with Crippen LogP contribution in [-0.2, 0) is 6.54 Å². The summed E-state index contributed by atoms with van der Waals surface area (Å²) in [4.78, 5) is 5.27. The van der Waals surface area contributed by atoms with Gasteiger partial charge in [-0.2, -0.15) is 5.10 Å². The molecule has 6 heteroatoms. The van der Waals surface area contributed by atoms with E-state index in [0.717, 1.165) is 18.4 Å². The molecular weight excluding hydrogens is 403 g/mol. The molecule has 1 N–H and O–H groups in total. The first-order valence-electron chi connectivity index (χ1n) is 10.8.